The SMILES string of the molecule is CCC1CCCC2OC2CC1. The van der Waals surface area contributed by atoms with Crippen LogP contribution in [0.2, 0.25) is 0 Å². The second-order valence-electron chi connectivity index (χ2n) is 4.00. The Balaban J connectivity index is 1.80. The van der Waals surface area contributed by atoms with Crippen LogP contribution in [-0.2, 0) is 4.74 Å². The maximum Gasteiger partial charge on any atom is 0.0842 e. The van der Waals surface area contributed by atoms with Gasteiger partial charge in [0.2, 0.25) is 0 Å². The molecule has 0 amide bonds. The van der Waals surface area contributed by atoms with Gasteiger partial charge in [-0.1, -0.05) is 26.2 Å². The van der Waals surface area contributed by atoms with E-state index in [-0.39, 0.29) is 0 Å². The first-order chi connectivity index (χ1) is 5.40. The van der Waals surface area contributed by atoms with Gasteiger partial charge in [-0.3, -0.25) is 0 Å². The summed E-state index contributed by atoms with van der Waals surface area (Å²) >= 11 is 0. The van der Waals surface area contributed by atoms with Gasteiger partial charge in [-0.15, -0.1) is 0 Å². The quantitative estimate of drug-likeness (QED) is 0.529. The lowest BCUT2D eigenvalue weighted by Gasteiger charge is -2.15. The average Bonchev–Trinajstić information content (AvgIpc) is 2.68. The monoisotopic (exact) mass is 154 g/mol. The average molecular weight is 154 g/mol. The Morgan fingerprint density at radius 1 is 1.09 bits per heavy atom. The van der Waals surface area contributed by atoms with Gasteiger partial charge in [0.15, 0.2) is 0 Å². The molecular formula is C10H18O. The minimum Gasteiger partial charge on any atom is -0.370 e. The first kappa shape index (κ1) is 7.60. The summed E-state index contributed by atoms with van der Waals surface area (Å²) in [6.45, 7) is 2.32. The maximum atomic E-state index is 5.53. The van der Waals surface area contributed by atoms with Crippen molar-refractivity contribution in [3.8, 4) is 0 Å². The molecule has 0 bridgehead atoms. The van der Waals surface area contributed by atoms with Gasteiger partial charge in [0.1, 0.15) is 0 Å². The van der Waals surface area contributed by atoms with Crippen LogP contribution in [0.5, 0.6) is 0 Å². The van der Waals surface area contributed by atoms with E-state index in [1.807, 2.05) is 0 Å². The molecule has 0 aromatic rings. The molecule has 2 rings (SSSR count). The van der Waals surface area contributed by atoms with Crippen molar-refractivity contribution < 1.29 is 4.74 Å². The van der Waals surface area contributed by atoms with Crippen LogP contribution in [0.25, 0.3) is 0 Å². The second kappa shape index (κ2) is 3.14. The van der Waals surface area contributed by atoms with Crippen LogP contribution in [0, 0.1) is 5.92 Å². The number of ether oxygens (including phenoxy) is 1. The van der Waals surface area contributed by atoms with Gasteiger partial charge in [0.05, 0.1) is 12.2 Å². The van der Waals surface area contributed by atoms with E-state index in [1.54, 1.807) is 0 Å². The van der Waals surface area contributed by atoms with Gasteiger partial charge in [-0.2, -0.15) is 0 Å². The Labute approximate surface area is 69.1 Å². The number of hydrogen-bond acceptors (Lipinski definition) is 1. The third kappa shape index (κ3) is 1.76. The molecule has 1 heterocycles. The van der Waals surface area contributed by atoms with E-state index in [0.29, 0.717) is 12.2 Å². The standard InChI is InChI=1S/C10H18O/c1-2-8-4-3-5-9-10(11-9)7-6-8/h8-10H,2-7H2,1H3. The largest absolute Gasteiger partial charge is 0.370 e. The highest BCUT2D eigenvalue weighted by molar-refractivity contribution is 4.86. The summed E-state index contributed by atoms with van der Waals surface area (Å²) < 4.78 is 5.53. The molecule has 1 aliphatic carbocycles. The fourth-order valence-electron chi connectivity index (χ4n) is 2.25. The topological polar surface area (TPSA) is 12.5 Å². The van der Waals surface area contributed by atoms with Crippen LogP contribution in [0.15, 0.2) is 0 Å². The van der Waals surface area contributed by atoms with Crippen molar-refractivity contribution in [3.05, 3.63) is 0 Å². The molecule has 1 saturated carbocycles. The summed E-state index contributed by atoms with van der Waals surface area (Å²) in [6.07, 6.45) is 9.65. The predicted octanol–water partition coefficient (Wildman–Crippen LogP) is 2.74. The molecule has 1 nitrogen and oxygen atoms in total. The minimum absolute atomic E-state index is 0.671. The Bertz CT molecular complexity index is 133. The molecular weight excluding hydrogens is 136 g/mol. The first-order valence-corrected chi connectivity index (χ1v) is 5.05. The number of fused-ring (bicyclic) bond motifs is 1. The van der Waals surface area contributed by atoms with E-state index in [2.05, 4.69) is 6.92 Å². The van der Waals surface area contributed by atoms with Gasteiger partial charge >= 0.3 is 0 Å². The number of epoxide rings is 1. The predicted molar refractivity (Wildman–Crippen MR) is 45.5 cm³/mol. The normalized spacial score (nSPS) is 43.9. The van der Waals surface area contributed by atoms with Crippen LogP contribution in [0.3, 0.4) is 0 Å². The molecule has 0 N–H and O–H groups in total. The Morgan fingerprint density at radius 2 is 1.91 bits per heavy atom. The zero-order valence-corrected chi connectivity index (χ0v) is 7.38. The highest BCUT2D eigenvalue weighted by Crippen LogP contribution is 2.36. The van der Waals surface area contributed by atoms with Crippen LogP contribution < -0.4 is 0 Å². The Hall–Kier alpha value is -0.0400. The summed E-state index contributed by atoms with van der Waals surface area (Å²) in [6, 6.07) is 0. The fraction of sp³-hybridized carbons (Fsp3) is 1.00. The van der Waals surface area contributed by atoms with Crippen LogP contribution in [0.4, 0.5) is 0 Å². The van der Waals surface area contributed by atoms with E-state index in [0.717, 1.165) is 5.92 Å². The molecule has 1 saturated heterocycles. The highest BCUT2D eigenvalue weighted by Gasteiger charge is 2.38. The van der Waals surface area contributed by atoms with Crippen LogP contribution in [-0.4, -0.2) is 12.2 Å². The molecule has 64 valence electrons. The smallest absolute Gasteiger partial charge is 0.0842 e. The lowest BCUT2D eigenvalue weighted by molar-refractivity contribution is 0.353. The summed E-state index contributed by atoms with van der Waals surface area (Å²) in [5.41, 5.74) is 0. The van der Waals surface area contributed by atoms with E-state index in [9.17, 15) is 0 Å². The van der Waals surface area contributed by atoms with Crippen LogP contribution >= 0.6 is 0 Å². The van der Waals surface area contributed by atoms with E-state index >= 15 is 0 Å². The first-order valence-electron chi connectivity index (χ1n) is 5.05. The lowest BCUT2D eigenvalue weighted by atomic mass is 9.90. The molecule has 11 heavy (non-hydrogen) atoms. The molecule has 0 radical (unpaired) electrons. The molecule has 0 aromatic heterocycles. The summed E-state index contributed by atoms with van der Waals surface area (Å²) in [5, 5.41) is 0. The van der Waals surface area contributed by atoms with Gasteiger partial charge in [0, 0.05) is 0 Å². The molecule has 1 aliphatic heterocycles. The third-order valence-electron chi connectivity index (χ3n) is 3.23. The van der Waals surface area contributed by atoms with Gasteiger partial charge in [-0.05, 0) is 25.2 Å². The van der Waals surface area contributed by atoms with E-state index in [4.69, 9.17) is 4.74 Å². The maximum absolute atomic E-state index is 5.53. The molecule has 3 atom stereocenters. The molecule has 1 heteroatoms. The Morgan fingerprint density at radius 3 is 2.73 bits per heavy atom. The van der Waals surface area contributed by atoms with Gasteiger partial charge in [0.25, 0.3) is 0 Å². The van der Waals surface area contributed by atoms with E-state index in [1.165, 1.54) is 38.5 Å². The lowest BCUT2D eigenvalue weighted by Crippen LogP contribution is -2.06. The van der Waals surface area contributed by atoms with Crippen molar-refractivity contribution in [3.63, 3.8) is 0 Å². The molecule has 2 aliphatic rings. The molecule has 0 spiro atoms. The third-order valence-corrected chi connectivity index (χ3v) is 3.23. The zero-order valence-electron chi connectivity index (χ0n) is 7.38. The van der Waals surface area contributed by atoms with Crippen molar-refractivity contribution in [2.75, 3.05) is 0 Å². The fourth-order valence-corrected chi connectivity index (χ4v) is 2.25. The number of hydrogen-bond donors (Lipinski definition) is 0. The Kier molecular flexibility index (Phi) is 2.17. The summed E-state index contributed by atoms with van der Waals surface area (Å²) in [7, 11) is 0. The van der Waals surface area contributed by atoms with E-state index < -0.39 is 0 Å². The summed E-state index contributed by atoms with van der Waals surface area (Å²) in [4.78, 5) is 0. The highest BCUT2D eigenvalue weighted by atomic mass is 16.6. The van der Waals surface area contributed by atoms with Crippen molar-refractivity contribution in [2.45, 2.75) is 57.7 Å². The van der Waals surface area contributed by atoms with Crippen LogP contribution in [0.1, 0.15) is 45.4 Å². The summed E-state index contributed by atoms with van der Waals surface area (Å²) in [5.74, 6) is 1.00. The van der Waals surface area contributed by atoms with Crippen molar-refractivity contribution in [1.82, 2.24) is 0 Å². The van der Waals surface area contributed by atoms with Crippen molar-refractivity contribution in [1.29, 1.82) is 0 Å². The second-order valence-corrected chi connectivity index (χ2v) is 4.00. The molecule has 0 aromatic carbocycles. The molecule has 2 fully saturated rings. The van der Waals surface area contributed by atoms with Crippen molar-refractivity contribution >= 4 is 0 Å². The molecule has 3 unspecified atom stereocenters. The number of rotatable bonds is 1. The van der Waals surface area contributed by atoms with Gasteiger partial charge < -0.3 is 4.74 Å². The zero-order chi connectivity index (χ0) is 7.68. The van der Waals surface area contributed by atoms with Crippen molar-refractivity contribution in [2.24, 2.45) is 5.92 Å². The minimum atomic E-state index is 0.671. The van der Waals surface area contributed by atoms with Gasteiger partial charge in [-0.25, -0.2) is 0 Å².